The molecule has 1 saturated carbocycles. The van der Waals surface area contributed by atoms with E-state index in [9.17, 15) is 9.59 Å². The van der Waals surface area contributed by atoms with Gasteiger partial charge in [0.15, 0.2) is 5.65 Å². The quantitative estimate of drug-likeness (QED) is 0.885. The summed E-state index contributed by atoms with van der Waals surface area (Å²) < 4.78 is 3.18. The molecule has 7 heteroatoms. The van der Waals surface area contributed by atoms with Crippen LogP contribution in [0.3, 0.4) is 0 Å². The highest BCUT2D eigenvalue weighted by Gasteiger charge is 2.19. The van der Waals surface area contributed by atoms with Crippen LogP contribution in [0.5, 0.6) is 0 Å². The van der Waals surface area contributed by atoms with Gasteiger partial charge in [-0.05, 0) is 31.9 Å². The molecule has 2 heterocycles. The number of hydrogen-bond donors (Lipinski definition) is 1. The Kier molecular flexibility index (Phi) is 9.05. The summed E-state index contributed by atoms with van der Waals surface area (Å²) in [5, 5.41) is 8.54. The summed E-state index contributed by atoms with van der Waals surface area (Å²) >= 11 is 0. The Bertz CT molecular complexity index is 788. The molecule has 0 saturated heterocycles. The number of nitrogens with zero attached hydrogens (tertiary/aromatic N) is 4. The highest BCUT2D eigenvalue weighted by molar-refractivity contribution is 5.74. The second kappa shape index (κ2) is 10.7. The van der Waals surface area contributed by atoms with Gasteiger partial charge < -0.3 is 10.0 Å². The standard InChI is InChI=1S/C11H16N4O.C7H12O2.C2H6/c1-5-13(2)9-7-6-8-10(12-9)15(4)11(16)14(8)3;8-7(9)6-4-2-1-3-5-6;1-2/h6-7H,5H2,1-4H3;6H,1-5H2,(H,8,9);1-2H3. The molecule has 0 aromatic carbocycles. The van der Waals surface area contributed by atoms with E-state index in [4.69, 9.17) is 5.11 Å². The van der Waals surface area contributed by atoms with E-state index in [0.29, 0.717) is 0 Å². The molecule has 0 unspecified atom stereocenters. The lowest BCUT2D eigenvalue weighted by Gasteiger charge is -2.16. The Morgan fingerprint density at radius 3 is 2.26 bits per heavy atom. The molecule has 0 atom stereocenters. The van der Waals surface area contributed by atoms with Crippen LogP contribution in [-0.4, -0.2) is 38.8 Å². The molecule has 1 N–H and O–H groups in total. The molecule has 0 radical (unpaired) electrons. The van der Waals surface area contributed by atoms with Crippen molar-refractivity contribution in [3.05, 3.63) is 22.6 Å². The first-order valence-electron chi connectivity index (χ1n) is 9.83. The van der Waals surface area contributed by atoms with Crippen LogP contribution in [0, 0.1) is 5.92 Å². The lowest BCUT2D eigenvalue weighted by atomic mass is 9.90. The van der Waals surface area contributed by atoms with Gasteiger partial charge in [0.2, 0.25) is 0 Å². The molecular formula is C20H34N4O3. The second-order valence-electron chi connectivity index (χ2n) is 6.60. The second-order valence-corrected chi connectivity index (χ2v) is 6.60. The van der Waals surface area contributed by atoms with Gasteiger partial charge in [0.1, 0.15) is 5.82 Å². The lowest BCUT2D eigenvalue weighted by Crippen LogP contribution is -2.19. The van der Waals surface area contributed by atoms with Crippen molar-refractivity contribution in [3.8, 4) is 0 Å². The Labute approximate surface area is 161 Å². The van der Waals surface area contributed by atoms with Gasteiger partial charge in [0.25, 0.3) is 0 Å². The smallest absolute Gasteiger partial charge is 0.329 e. The summed E-state index contributed by atoms with van der Waals surface area (Å²) in [5.74, 6) is 0.254. The fourth-order valence-corrected chi connectivity index (χ4v) is 3.08. The van der Waals surface area contributed by atoms with Crippen molar-refractivity contribution in [1.29, 1.82) is 0 Å². The van der Waals surface area contributed by atoms with Crippen molar-refractivity contribution >= 4 is 23.0 Å². The van der Waals surface area contributed by atoms with Crippen LogP contribution < -0.4 is 10.6 Å². The van der Waals surface area contributed by atoms with Gasteiger partial charge in [-0.1, -0.05) is 33.1 Å². The van der Waals surface area contributed by atoms with E-state index < -0.39 is 5.97 Å². The maximum absolute atomic E-state index is 11.7. The molecule has 1 fully saturated rings. The molecule has 0 amide bonds. The lowest BCUT2D eigenvalue weighted by molar-refractivity contribution is -0.142. The van der Waals surface area contributed by atoms with Crippen LogP contribution in [-0.2, 0) is 18.9 Å². The first-order chi connectivity index (χ1) is 12.9. The summed E-state index contributed by atoms with van der Waals surface area (Å²) in [6.45, 7) is 6.95. The van der Waals surface area contributed by atoms with Gasteiger partial charge in [-0.3, -0.25) is 13.9 Å². The number of carboxylic acids is 1. The highest BCUT2D eigenvalue weighted by Crippen LogP contribution is 2.23. The number of imidazole rings is 1. The van der Waals surface area contributed by atoms with E-state index in [0.717, 1.165) is 49.2 Å². The van der Waals surface area contributed by atoms with Crippen LogP contribution in [0.15, 0.2) is 16.9 Å². The minimum absolute atomic E-state index is 0.0289. The molecule has 1 aliphatic carbocycles. The maximum atomic E-state index is 11.7. The number of hydrogen-bond acceptors (Lipinski definition) is 4. The minimum Gasteiger partial charge on any atom is -0.481 e. The summed E-state index contributed by atoms with van der Waals surface area (Å²) in [6.07, 6.45) is 5.24. The highest BCUT2D eigenvalue weighted by atomic mass is 16.4. The van der Waals surface area contributed by atoms with Crippen molar-refractivity contribution in [2.75, 3.05) is 18.5 Å². The van der Waals surface area contributed by atoms with Crippen molar-refractivity contribution in [2.24, 2.45) is 20.0 Å². The molecule has 2 aromatic rings. The summed E-state index contributed by atoms with van der Waals surface area (Å²) in [6, 6.07) is 3.87. The number of pyridine rings is 1. The third kappa shape index (κ3) is 5.58. The average molecular weight is 379 g/mol. The van der Waals surface area contributed by atoms with Gasteiger partial charge in [-0.2, -0.15) is 0 Å². The molecule has 2 aromatic heterocycles. The van der Waals surface area contributed by atoms with Crippen molar-refractivity contribution in [3.63, 3.8) is 0 Å². The molecular weight excluding hydrogens is 344 g/mol. The predicted molar refractivity (Wildman–Crippen MR) is 110 cm³/mol. The molecule has 0 spiro atoms. The van der Waals surface area contributed by atoms with E-state index in [1.165, 1.54) is 6.42 Å². The first kappa shape index (κ1) is 22.7. The molecule has 3 rings (SSSR count). The van der Waals surface area contributed by atoms with Crippen LogP contribution in [0.2, 0.25) is 0 Å². The summed E-state index contributed by atoms with van der Waals surface area (Å²) in [5.41, 5.74) is 1.55. The Balaban J connectivity index is 0.000000282. The molecule has 7 nitrogen and oxygen atoms in total. The van der Waals surface area contributed by atoms with Gasteiger partial charge in [0.05, 0.1) is 11.4 Å². The Morgan fingerprint density at radius 2 is 1.78 bits per heavy atom. The SMILES string of the molecule is CC.CCN(C)c1ccc2c(n1)n(C)c(=O)n2C.O=C(O)C1CCCCC1. The third-order valence-electron chi connectivity index (χ3n) is 4.91. The number of aliphatic carboxylic acids is 1. The zero-order valence-electron chi connectivity index (χ0n) is 17.5. The van der Waals surface area contributed by atoms with E-state index in [2.05, 4.69) is 11.9 Å². The van der Waals surface area contributed by atoms with Gasteiger partial charge in [0, 0.05) is 27.7 Å². The summed E-state index contributed by atoms with van der Waals surface area (Å²) in [7, 11) is 5.48. The zero-order valence-corrected chi connectivity index (χ0v) is 17.5. The third-order valence-corrected chi connectivity index (χ3v) is 4.91. The van der Waals surface area contributed by atoms with E-state index in [1.54, 1.807) is 23.2 Å². The van der Waals surface area contributed by atoms with Gasteiger partial charge >= 0.3 is 11.7 Å². The number of fused-ring (bicyclic) bond motifs is 1. The van der Waals surface area contributed by atoms with Crippen LogP contribution in [0.1, 0.15) is 52.9 Å². The number of aryl methyl sites for hydroxylation is 2. The number of carboxylic acid groups (broad SMARTS) is 1. The van der Waals surface area contributed by atoms with Crippen molar-refractivity contribution < 1.29 is 9.90 Å². The zero-order chi connectivity index (χ0) is 20.6. The van der Waals surface area contributed by atoms with Gasteiger partial charge in [-0.25, -0.2) is 9.78 Å². The first-order valence-corrected chi connectivity index (χ1v) is 9.83. The monoisotopic (exact) mass is 378 g/mol. The maximum Gasteiger partial charge on any atom is 0.329 e. The molecule has 0 bridgehead atoms. The molecule has 152 valence electrons. The normalized spacial score (nSPS) is 14.0. The number of anilines is 1. The largest absolute Gasteiger partial charge is 0.481 e. The van der Waals surface area contributed by atoms with E-state index in [1.807, 2.05) is 37.9 Å². The van der Waals surface area contributed by atoms with Crippen LogP contribution in [0.4, 0.5) is 5.82 Å². The Morgan fingerprint density at radius 1 is 1.19 bits per heavy atom. The fraction of sp³-hybridized carbons (Fsp3) is 0.650. The van der Waals surface area contributed by atoms with E-state index >= 15 is 0 Å². The summed E-state index contributed by atoms with van der Waals surface area (Å²) in [4.78, 5) is 28.6. The Hall–Kier alpha value is -2.31. The van der Waals surface area contributed by atoms with Crippen LogP contribution >= 0.6 is 0 Å². The van der Waals surface area contributed by atoms with Crippen LogP contribution in [0.25, 0.3) is 11.2 Å². The van der Waals surface area contributed by atoms with Gasteiger partial charge in [-0.15, -0.1) is 0 Å². The molecule has 27 heavy (non-hydrogen) atoms. The molecule has 0 aliphatic heterocycles. The minimum atomic E-state index is -0.602. The van der Waals surface area contributed by atoms with Crippen molar-refractivity contribution in [1.82, 2.24) is 14.1 Å². The average Bonchev–Trinajstić information content (AvgIpc) is 2.93. The molecule has 1 aliphatic rings. The van der Waals surface area contributed by atoms with Crippen molar-refractivity contribution in [2.45, 2.75) is 52.9 Å². The number of aromatic nitrogens is 3. The number of rotatable bonds is 3. The number of carbonyl (C=O) groups is 1. The fourth-order valence-electron chi connectivity index (χ4n) is 3.08. The van der Waals surface area contributed by atoms with E-state index in [-0.39, 0.29) is 11.6 Å². The topological polar surface area (TPSA) is 80.4 Å². The predicted octanol–water partition coefficient (Wildman–Crippen LogP) is 3.41.